The smallest absolute Gasteiger partial charge is 0.222 e. The number of methoxy groups -OCH3 is 1. The Hall–Kier alpha value is -1.84. The molecule has 1 amide bonds. The van der Waals surface area contributed by atoms with Gasteiger partial charge in [0, 0.05) is 18.5 Å². The predicted molar refractivity (Wildman–Crippen MR) is 76.9 cm³/mol. The molecule has 108 valence electrons. The van der Waals surface area contributed by atoms with Gasteiger partial charge in [-0.2, -0.15) is 0 Å². The van der Waals surface area contributed by atoms with E-state index in [-0.39, 0.29) is 18.2 Å². The van der Waals surface area contributed by atoms with E-state index in [0.29, 0.717) is 30.2 Å². The Morgan fingerprint density at radius 3 is 2.95 bits per heavy atom. The number of rotatable bonds is 4. The number of benzene rings is 1. The van der Waals surface area contributed by atoms with Gasteiger partial charge in [-0.25, -0.2) is 0 Å². The highest BCUT2D eigenvalue weighted by molar-refractivity contribution is 5.99. The molecule has 0 saturated carbocycles. The van der Waals surface area contributed by atoms with Gasteiger partial charge >= 0.3 is 0 Å². The molecule has 1 aliphatic rings. The third kappa shape index (κ3) is 3.59. The largest absolute Gasteiger partial charge is 0.497 e. The summed E-state index contributed by atoms with van der Waals surface area (Å²) >= 11 is 0. The van der Waals surface area contributed by atoms with Gasteiger partial charge in [-0.15, -0.1) is 0 Å². The highest BCUT2D eigenvalue weighted by Crippen LogP contribution is 2.18. The summed E-state index contributed by atoms with van der Waals surface area (Å²) < 4.78 is 5.12. The lowest BCUT2D eigenvalue weighted by Crippen LogP contribution is -2.35. The number of amides is 1. The second-order valence-corrected chi connectivity index (χ2v) is 5.40. The van der Waals surface area contributed by atoms with Crippen LogP contribution in [0.4, 0.5) is 0 Å². The maximum absolute atomic E-state index is 12.3. The van der Waals surface area contributed by atoms with E-state index in [2.05, 4.69) is 6.92 Å². The molecular weight excluding hydrogens is 254 g/mol. The van der Waals surface area contributed by atoms with E-state index in [1.165, 1.54) is 0 Å². The lowest BCUT2D eigenvalue weighted by atomic mass is 10.0. The SMILES string of the molecule is COc1cccc(C(=O)CN2CCC(C)CCC2=O)c1. The van der Waals surface area contributed by atoms with Gasteiger partial charge in [-0.1, -0.05) is 19.1 Å². The Morgan fingerprint density at radius 1 is 1.40 bits per heavy atom. The van der Waals surface area contributed by atoms with E-state index in [1.54, 1.807) is 36.3 Å². The van der Waals surface area contributed by atoms with E-state index in [9.17, 15) is 9.59 Å². The number of hydrogen-bond donors (Lipinski definition) is 0. The molecule has 1 atom stereocenters. The summed E-state index contributed by atoms with van der Waals surface area (Å²) in [5.41, 5.74) is 0.592. The predicted octanol–water partition coefficient (Wildman–Crippen LogP) is 2.53. The van der Waals surface area contributed by atoms with Crippen molar-refractivity contribution in [2.24, 2.45) is 5.92 Å². The van der Waals surface area contributed by atoms with Crippen molar-refractivity contribution in [3.8, 4) is 5.75 Å². The summed E-state index contributed by atoms with van der Waals surface area (Å²) in [4.78, 5) is 26.0. The molecule has 2 rings (SSSR count). The molecule has 0 bridgehead atoms. The van der Waals surface area contributed by atoms with Crippen LogP contribution in [0.25, 0.3) is 0 Å². The lowest BCUT2D eigenvalue weighted by Gasteiger charge is -2.19. The molecule has 1 aliphatic heterocycles. The Bertz CT molecular complexity index is 498. The Labute approximate surface area is 119 Å². The molecule has 0 spiro atoms. The molecule has 0 radical (unpaired) electrons. The number of likely N-dealkylation sites (tertiary alicyclic amines) is 1. The second kappa shape index (κ2) is 6.55. The molecule has 1 aromatic carbocycles. The molecule has 1 heterocycles. The molecule has 1 unspecified atom stereocenters. The Morgan fingerprint density at radius 2 is 2.20 bits per heavy atom. The molecule has 0 aromatic heterocycles. The number of carbonyl (C=O) groups excluding carboxylic acids is 2. The van der Waals surface area contributed by atoms with Crippen LogP contribution in [-0.4, -0.2) is 36.8 Å². The normalized spacial score (nSPS) is 19.6. The number of hydrogen-bond acceptors (Lipinski definition) is 3. The topological polar surface area (TPSA) is 46.6 Å². The molecule has 0 N–H and O–H groups in total. The highest BCUT2D eigenvalue weighted by Gasteiger charge is 2.22. The van der Waals surface area contributed by atoms with Crippen LogP contribution in [-0.2, 0) is 4.79 Å². The van der Waals surface area contributed by atoms with Gasteiger partial charge in [0.25, 0.3) is 0 Å². The highest BCUT2D eigenvalue weighted by atomic mass is 16.5. The maximum Gasteiger partial charge on any atom is 0.222 e. The minimum atomic E-state index is -0.0354. The van der Waals surface area contributed by atoms with E-state index in [0.717, 1.165) is 12.8 Å². The summed E-state index contributed by atoms with van der Waals surface area (Å²) in [6.45, 7) is 3.00. The van der Waals surface area contributed by atoms with Crippen molar-refractivity contribution in [2.45, 2.75) is 26.2 Å². The van der Waals surface area contributed by atoms with Crippen LogP contribution >= 0.6 is 0 Å². The monoisotopic (exact) mass is 275 g/mol. The van der Waals surface area contributed by atoms with Crippen LogP contribution in [0, 0.1) is 5.92 Å². The molecular formula is C16H21NO3. The molecule has 1 saturated heterocycles. The van der Waals surface area contributed by atoms with E-state index < -0.39 is 0 Å². The number of Topliss-reactive ketones (excluding diaryl/α,β-unsaturated/α-hetero) is 1. The fourth-order valence-electron chi connectivity index (χ4n) is 2.40. The van der Waals surface area contributed by atoms with E-state index in [1.807, 2.05) is 0 Å². The van der Waals surface area contributed by atoms with Crippen molar-refractivity contribution in [2.75, 3.05) is 20.2 Å². The van der Waals surface area contributed by atoms with Crippen molar-refractivity contribution in [1.29, 1.82) is 0 Å². The van der Waals surface area contributed by atoms with Gasteiger partial charge < -0.3 is 9.64 Å². The lowest BCUT2D eigenvalue weighted by molar-refractivity contribution is -0.130. The molecule has 0 aliphatic carbocycles. The van der Waals surface area contributed by atoms with Crippen LogP contribution in [0.1, 0.15) is 36.5 Å². The minimum Gasteiger partial charge on any atom is -0.497 e. The summed E-state index contributed by atoms with van der Waals surface area (Å²) in [5.74, 6) is 1.26. The number of ether oxygens (including phenoxy) is 1. The maximum atomic E-state index is 12.3. The van der Waals surface area contributed by atoms with Gasteiger partial charge in [0.1, 0.15) is 5.75 Å². The van der Waals surface area contributed by atoms with Crippen molar-refractivity contribution in [3.05, 3.63) is 29.8 Å². The summed E-state index contributed by atoms with van der Waals surface area (Å²) in [6.07, 6.45) is 2.44. The van der Waals surface area contributed by atoms with Crippen molar-refractivity contribution in [3.63, 3.8) is 0 Å². The average Bonchev–Trinajstić information content (AvgIpc) is 2.62. The Kier molecular flexibility index (Phi) is 4.77. The number of nitrogens with zero attached hydrogens (tertiary/aromatic N) is 1. The molecule has 20 heavy (non-hydrogen) atoms. The number of ketones is 1. The van der Waals surface area contributed by atoms with Crippen LogP contribution in [0.2, 0.25) is 0 Å². The van der Waals surface area contributed by atoms with Gasteiger partial charge in [-0.3, -0.25) is 9.59 Å². The zero-order valence-electron chi connectivity index (χ0n) is 12.1. The van der Waals surface area contributed by atoms with Crippen LogP contribution in [0.3, 0.4) is 0 Å². The molecule has 4 nitrogen and oxygen atoms in total. The average molecular weight is 275 g/mol. The Balaban J connectivity index is 2.04. The third-order valence-electron chi connectivity index (χ3n) is 3.82. The first-order chi connectivity index (χ1) is 9.60. The van der Waals surface area contributed by atoms with E-state index in [4.69, 9.17) is 4.74 Å². The quantitative estimate of drug-likeness (QED) is 0.793. The van der Waals surface area contributed by atoms with Gasteiger partial charge in [-0.05, 0) is 30.9 Å². The first-order valence-corrected chi connectivity index (χ1v) is 7.05. The van der Waals surface area contributed by atoms with Gasteiger partial charge in [0.05, 0.1) is 13.7 Å². The molecule has 1 fully saturated rings. The van der Waals surface area contributed by atoms with Crippen LogP contribution in [0.5, 0.6) is 5.75 Å². The molecule has 4 heteroatoms. The first-order valence-electron chi connectivity index (χ1n) is 7.05. The van der Waals surface area contributed by atoms with E-state index >= 15 is 0 Å². The fourth-order valence-corrected chi connectivity index (χ4v) is 2.40. The number of carbonyl (C=O) groups is 2. The first kappa shape index (κ1) is 14.6. The van der Waals surface area contributed by atoms with Crippen molar-refractivity contribution < 1.29 is 14.3 Å². The molecule has 1 aromatic rings. The zero-order valence-corrected chi connectivity index (χ0v) is 12.1. The van der Waals surface area contributed by atoms with Crippen LogP contribution in [0.15, 0.2) is 24.3 Å². The standard InChI is InChI=1S/C16H21NO3/c1-12-6-7-16(19)17(9-8-12)11-15(18)13-4-3-5-14(10-13)20-2/h3-5,10,12H,6-9,11H2,1-2H3. The fraction of sp³-hybridized carbons (Fsp3) is 0.500. The summed E-state index contributed by atoms with van der Waals surface area (Å²) in [7, 11) is 1.57. The summed E-state index contributed by atoms with van der Waals surface area (Å²) in [6, 6.07) is 7.07. The third-order valence-corrected chi connectivity index (χ3v) is 3.82. The van der Waals surface area contributed by atoms with Gasteiger partial charge in [0.15, 0.2) is 5.78 Å². The van der Waals surface area contributed by atoms with Crippen LogP contribution < -0.4 is 4.74 Å². The second-order valence-electron chi connectivity index (χ2n) is 5.40. The minimum absolute atomic E-state index is 0.0354. The zero-order chi connectivity index (χ0) is 14.5. The van der Waals surface area contributed by atoms with Gasteiger partial charge in [0.2, 0.25) is 5.91 Å². The summed E-state index contributed by atoms with van der Waals surface area (Å²) in [5, 5.41) is 0. The van der Waals surface area contributed by atoms with Crippen molar-refractivity contribution in [1.82, 2.24) is 4.90 Å². The van der Waals surface area contributed by atoms with Crippen molar-refractivity contribution >= 4 is 11.7 Å².